The lowest BCUT2D eigenvalue weighted by molar-refractivity contribution is 0.288. The van der Waals surface area contributed by atoms with Crippen molar-refractivity contribution in [3.05, 3.63) is 47.4 Å². The van der Waals surface area contributed by atoms with E-state index in [1.54, 1.807) is 0 Å². The number of rotatable bonds is 4. The number of H-pyrrole nitrogens is 1. The van der Waals surface area contributed by atoms with Crippen LogP contribution in [0.15, 0.2) is 36.7 Å². The Hall–Kier alpha value is -1.91. The van der Waals surface area contributed by atoms with Crippen molar-refractivity contribution in [2.75, 3.05) is 6.61 Å². The molecule has 0 atom stereocenters. The predicted molar refractivity (Wildman–Crippen MR) is 79.7 cm³/mol. The van der Waals surface area contributed by atoms with E-state index in [-0.39, 0.29) is 6.61 Å². The van der Waals surface area contributed by atoms with Gasteiger partial charge in [0.25, 0.3) is 0 Å². The highest BCUT2D eigenvalue weighted by atomic mass is 35.5. The smallest absolute Gasteiger partial charge is 0.142 e. The third kappa shape index (κ3) is 2.53. The fourth-order valence-corrected chi connectivity index (χ4v) is 2.39. The van der Waals surface area contributed by atoms with Crippen molar-refractivity contribution in [3.8, 4) is 11.3 Å². The van der Waals surface area contributed by atoms with Gasteiger partial charge in [-0.2, -0.15) is 0 Å². The van der Waals surface area contributed by atoms with Crippen LogP contribution in [0.2, 0.25) is 5.15 Å². The molecule has 3 rings (SSSR count). The molecule has 20 heavy (non-hydrogen) atoms. The number of aromatic amines is 1. The van der Waals surface area contributed by atoms with Crippen LogP contribution in [0.25, 0.3) is 22.3 Å². The monoisotopic (exact) mass is 287 g/mol. The molecule has 0 saturated heterocycles. The Bertz CT molecular complexity index is 722. The summed E-state index contributed by atoms with van der Waals surface area (Å²) in [5.74, 6) is 0. The highest BCUT2D eigenvalue weighted by Crippen LogP contribution is 2.26. The van der Waals surface area contributed by atoms with Gasteiger partial charge < -0.3 is 10.1 Å². The minimum absolute atomic E-state index is 0.223. The van der Waals surface area contributed by atoms with E-state index in [0.29, 0.717) is 5.15 Å². The summed E-state index contributed by atoms with van der Waals surface area (Å²) in [6.07, 6.45) is 3.13. The van der Waals surface area contributed by atoms with Gasteiger partial charge in [-0.25, -0.2) is 9.97 Å². The number of aromatic nitrogens is 3. The lowest BCUT2D eigenvalue weighted by Gasteiger charge is -2.02. The number of halogens is 1. The molecule has 2 heterocycles. The van der Waals surface area contributed by atoms with Crippen LogP contribution in [0.4, 0.5) is 0 Å². The zero-order valence-corrected chi connectivity index (χ0v) is 11.6. The highest BCUT2D eigenvalue weighted by molar-refractivity contribution is 6.34. The minimum atomic E-state index is 0.223. The Labute approximate surface area is 121 Å². The van der Waals surface area contributed by atoms with Crippen LogP contribution in [0, 0.1) is 0 Å². The van der Waals surface area contributed by atoms with E-state index in [0.717, 1.165) is 35.1 Å². The van der Waals surface area contributed by atoms with Crippen molar-refractivity contribution in [1.29, 1.82) is 0 Å². The van der Waals surface area contributed by atoms with Gasteiger partial charge in [0, 0.05) is 12.3 Å². The maximum atomic E-state index is 8.84. The maximum Gasteiger partial charge on any atom is 0.142 e. The molecule has 0 unspecified atom stereocenters. The minimum Gasteiger partial charge on any atom is -0.396 e. The quantitative estimate of drug-likeness (QED) is 0.724. The van der Waals surface area contributed by atoms with E-state index in [1.165, 1.54) is 11.9 Å². The molecule has 0 aliphatic carbocycles. The molecular formula is C15H14ClN3O. The number of benzene rings is 1. The molecule has 0 aliphatic heterocycles. The van der Waals surface area contributed by atoms with Crippen LogP contribution < -0.4 is 0 Å². The van der Waals surface area contributed by atoms with E-state index >= 15 is 0 Å². The second-order valence-corrected chi connectivity index (χ2v) is 4.99. The summed E-state index contributed by atoms with van der Waals surface area (Å²) in [4.78, 5) is 11.4. The normalized spacial score (nSPS) is 11.1. The van der Waals surface area contributed by atoms with Gasteiger partial charge in [0.1, 0.15) is 17.1 Å². The fourth-order valence-electron chi connectivity index (χ4n) is 2.20. The summed E-state index contributed by atoms with van der Waals surface area (Å²) < 4.78 is 0. The van der Waals surface area contributed by atoms with E-state index in [4.69, 9.17) is 16.7 Å². The van der Waals surface area contributed by atoms with E-state index in [1.807, 2.05) is 6.07 Å². The third-order valence-corrected chi connectivity index (χ3v) is 3.57. The Morgan fingerprint density at radius 2 is 1.95 bits per heavy atom. The van der Waals surface area contributed by atoms with Gasteiger partial charge in [-0.1, -0.05) is 35.9 Å². The lowest BCUT2D eigenvalue weighted by atomic mass is 10.1. The zero-order chi connectivity index (χ0) is 13.9. The van der Waals surface area contributed by atoms with Crippen molar-refractivity contribution in [3.63, 3.8) is 0 Å². The molecule has 0 amide bonds. The number of fused-ring (bicyclic) bond motifs is 1. The zero-order valence-electron chi connectivity index (χ0n) is 10.8. The fraction of sp³-hybridized carbons (Fsp3) is 0.200. The number of hydrogen-bond acceptors (Lipinski definition) is 3. The summed E-state index contributed by atoms with van der Waals surface area (Å²) in [5.41, 5.74) is 4.00. The SMILES string of the molecule is OCCCc1ccc(-c2cc3c(Cl)ncnc3[nH]2)cc1. The molecule has 0 saturated carbocycles. The summed E-state index contributed by atoms with van der Waals surface area (Å²) in [5, 5.41) is 10.1. The van der Waals surface area contributed by atoms with E-state index in [2.05, 4.69) is 39.2 Å². The number of aryl methyl sites for hydroxylation is 1. The van der Waals surface area contributed by atoms with Crippen molar-refractivity contribution in [2.45, 2.75) is 12.8 Å². The number of aliphatic hydroxyl groups excluding tert-OH is 1. The highest BCUT2D eigenvalue weighted by Gasteiger charge is 2.07. The molecule has 1 aromatic carbocycles. The molecule has 102 valence electrons. The standard InChI is InChI=1S/C15H14ClN3O/c16-14-12-8-13(19-15(12)18-9-17-14)11-5-3-10(4-6-11)2-1-7-20/h3-6,8-9,20H,1-2,7H2,(H,17,18,19). The average Bonchev–Trinajstić information content (AvgIpc) is 2.91. The van der Waals surface area contributed by atoms with Gasteiger partial charge in [-0.15, -0.1) is 0 Å². The second kappa shape index (κ2) is 5.61. The van der Waals surface area contributed by atoms with Gasteiger partial charge in [0.05, 0.1) is 5.39 Å². The average molecular weight is 288 g/mol. The molecule has 3 aromatic rings. The Kier molecular flexibility index (Phi) is 3.67. The van der Waals surface area contributed by atoms with Crippen molar-refractivity contribution in [1.82, 2.24) is 15.0 Å². The summed E-state index contributed by atoms with van der Waals surface area (Å²) in [7, 11) is 0. The lowest BCUT2D eigenvalue weighted by Crippen LogP contribution is -1.89. The number of aliphatic hydroxyl groups is 1. The first kappa shape index (κ1) is 13.1. The summed E-state index contributed by atoms with van der Waals surface area (Å²) in [6, 6.07) is 10.2. The number of nitrogens with zero attached hydrogens (tertiary/aromatic N) is 2. The molecule has 5 heteroatoms. The van der Waals surface area contributed by atoms with Gasteiger partial charge in [-0.3, -0.25) is 0 Å². The molecule has 0 aliphatic rings. The maximum absolute atomic E-state index is 8.84. The predicted octanol–water partition coefficient (Wildman–Crippen LogP) is 3.20. The van der Waals surface area contributed by atoms with Gasteiger partial charge in [0.15, 0.2) is 0 Å². The van der Waals surface area contributed by atoms with Crippen LogP contribution in [-0.2, 0) is 6.42 Å². The first-order chi connectivity index (χ1) is 9.78. The number of hydrogen-bond donors (Lipinski definition) is 2. The van der Waals surface area contributed by atoms with E-state index < -0.39 is 0 Å². The second-order valence-electron chi connectivity index (χ2n) is 4.63. The van der Waals surface area contributed by atoms with E-state index in [9.17, 15) is 0 Å². The molecule has 2 aromatic heterocycles. The van der Waals surface area contributed by atoms with Crippen LogP contribution >= 0.6 is 11.6 Å². The number of nitrogens with one attached hydrogen (secondary N) is 1. The molecule has 4 nitrogen and oxygen atoms in total. The topological polar surface area (TPSA) is 61.8 Å². The first-order valence-electron chi connectivity index (χ1n) is 6.47. The Morgan fingerprint density at radius 1 is 1.15 bits per heavy atom. The molecule has 0 radical (unpaired) electrons. The third-order valence-electron chi connectivity index (χ3n) is 3.27. The van der Waals surface area contributed by atoms with Crippen LogP contribution in [-0.4, -0.2) is 26.7 Å². The van der Waals surface area contributed by atoms with Gasteiger partial charge in [0.2, 0.25) is 0 Å². The van der Waals surface area contributed by atoms with Gasteiger partial charge in [-0.05, 0) is 30.0 Å². The van der Waals surface area contributed by atoms with Crippen molar-refractivity contribution >= 4 is 22.6 Å². The van der Waals surface area contributed by atoms with Crippen molar-refractivity contribution in [2.24, 2.45) is 0 Å². The van der Waals surface area contributed by atoms with Crippen LogP contribution in [0.1, 0.15) is 12.0 Å². The molecular weight excluding hydrogens is 274 g/mol. The molecule has 0 bridgehead atoms. The summed E-state index contributed by atoms with van der Waals surface area (Å²) >= 11 is 6.05. The molecule has 0 fully saturated rings. The Morgan fingerprint density at radius 3 is 2.65 bits per heavy atom. The van der Waals surface area contributed by atoms with Crippen molar-refractivity contribution < 1.29 is 5.11 Å². The Balaban J connectivity index is 1.92. The summed E-state index contributed by atoms with van der Waals surface area (Å²) in [6.45, 7) is 0.223. The molecule has 0 spiro atoms. The first-order valence-corrected chi connectivity index (χ1v) is 6.85. The van der Waals surface area contributed by atoms with Crippen LogP contribution in [0.5, 0.6) is 0 Å². The largest absolute Gasteiger partial charge is 0.396 e. The van der Waals surface area contributed by atoms with Gasteiger partial charge >= 0.3 is 0 Å². The van der Waals surface area contributed by atoms with Crippen LogP contribution in [0.3, 0.4) is 0 Å². The molecule has 2 N–H and O–H groups in total.